The molecule has 2 rings (SSSR count). The van der Waals surface area contributed by atoms with Crippen molar-refractivity contribution < 1.29 is 4.79 Å². The molecule has 0 aliphatic carbocycles. The highest BCUT2D eigenvalue weighted by molar-refractivity contribution is 7.12. The molecule has 1 fully saturated rings. The quantitative estimate of drug-likeness (QED) is 0.898. The number of halogens is 1. The SMILES string of the molecule is CCc1ccsc1C(=O)NCC1(C)CCNCC1.Cl. The average molecular weight is 303 g/mol. The predicted octanol–water partition coefficient (Wildman–Crippen LogP) is 2.85. The molecule has 0 unspecified atom stereocenters. The third-order valence-electron chi connectivity index (χ3n) is 3.82. The van der Waals surface area contributed by atoms with Gasteiger partial charge in [0, 0.05) is 6.54 Å². The van der Waals surface area contributed by atoms with Crippen LogP contribution in [0, 0.1) is 5.41 Å². The maximum Gasteiger partial charge on any atom is 0.261 e. The van der Waals surface area contributed by atoms with E-state index in [-0.39, 0.29) is 23.7 Å². The van der Waals surface area contributed by atoms with Crippen LogP contribution in [-0.2, 0) is 6.42 Å². The molecule has 2 heterocycles. The summed E-state index contributed by atoms with van der Waals surface area (Å²) in [6.07, 6.45) is 3.20. The first-order chi connectivity index (χ1) is 8.64. The fraction of sp³-hybridized carbons (Fsp3) is 0.643. The van der Waals surface area contributed by atoms with Gasteiger partial charge >= 0.3 is 0 Å². The summed E-state index contributed by atoms with van der Waals surface area (Å²) in [5.74, 6) is 0.0987. The van der Waals surface area contributed by atoms with E-state index in [1.54, 1.807) is 11.3 Å². The van der Waals surface area contributed by atoms with E-state index in [0.29, 0.717) is 0 Å². The van der Waals surface area contributed by atoms with Gasteiger partial charge in [0.1, 0.15) is 0 Å². The lowest BCUT2D eigenvalue weighted by molar-refractivity contribution is 0.0925. The minimum Gasteiger partial charge on any atom is -0.351 e. The molecule has 5 heteroatoms. The molecular formula is C14H23ClN2OS. The highest BCUT2D eigenvalue weighted by Crippen LogP contribution is 2.27. The molecular weight excluding hydrogens is 280 g/mol. The molecule has 108 valence electrons. The Hall–Kier alpha value is -0.580. The zero-order chi connectivity index (χ0) is 13.0. The molecule has 1 aliphatic heterocycles. The molecule has 0 spiro atoms. The normalized spacial score (nSPS) is 17.6. The van der Waals surface area contributed by atoms with Crippen LogP contribution in [0.4, 0.5) is 0 Å². The van der Waals surface area contributed by atoms with Gasteiger partial charge in [0.15, 0.2) is 0 Å². The maximum atomic E-state index is 12.2. The Labute approximate surface area is 125 Å². The number of hydrogen-bond donors (Lipinski definition) is 2. The smallest absolute Gasteiger partial charge is 0.261 e. The van der Waals surface area contributed by atoms with Crippen LogP contribution in [-0.4, -0.2) is 25.5 Å². The zero-order valence-corrected chi connectivity index (χ0v) is 13.3. The van der Waals surface area contributed by atoms with Crippen molar-refractivity contribution in [3.05, 3.63) is 21.9 Å². The average Bonchev–Trinajstić information content (AvgIpc) is 2.85. The van der Waals surface area contributed by atoms with Gasteiger partial charge < -0.3 is 10.6 Å². The standard InChI is InChI=1S/C14H22N2OS.ClH/c1-3-11-4-9-18-12(11)13(17)16-10-14(2)5-7-15-8-6-14;/h4,9,15H,3,5-8,10H2,1-2H3,(H,16,17);1H. The second-order valence-corrected chi connectivity index (χ2v) is 6.29. The van der Waals surface area contributed by atoms with Gasteiger partial charge in [-0.2, -0.15) is 0 Å². The Morgan fingerprint density at radius 2 is 2.16 bits per heavy atom. The maximum absolute atomic E-state index is 12.2. The fourth-order valence-electron chi connectivity index (χ4n) is 2.39. The van der Waals surface area contributed by atoms with Gasteiger partial charge in [-0.25, -0.2) is 0 Å². The van der Waals surface area contributed by atoms with Crippen LogP contribution < -0.4 is 10.6 Å². The highest BCUT2D eigenvalue weighted by atomic mass is 35.5. The lowest BCUT2D eigenvalue weighted by Crippen LogP contribution is -2.42. The number of carbonyl (C=O) groups excluding carboxylic acids is 1. The van der Waals surface area contributed by atoms with Gasteiger partial charge in [-0.1, -0.05) is 13.8 Å². The van der Waals surface area contributed by atoms with E-state index in [4.69, 9.17) is 0 Å². The number of hydrogen-bond acceptors (Lipinski definition) is 3. The molecule has 1 aliphatic rings. The number of carbonyl (C=O) groups is 1. The molecule has 0 saturated carbocycles. The van der Waals surface area contributed by atoms with Gasteiger partial charge in [0.05, 0.1) is 4.88 Å². The van der Waals surface area contributed by atoms with Crippen molar-refractivity contribution in [2.75, 3.05) is 19.6 Å². The lowest BCUT2D eigenvalue weighted by Gasteiger charge is -2.34. The van der Waals surface area contributed by atoms with Crippen LogP contribution in [0.15, 0.2) is 11.4 Å². The van der Waals surface area contributed by atoms with Crippen molar-refractivity contribution in [3.63, 3.8) is 0 Å². The van der Waals surface area contributed by atoms with Gasteiger partial charge in [-0.3, -0.25) is 4.79 Å². The van der Waals surface area contributed by atoms with E-state index in [1.807, 2.05) is 11.4 Å². The van der Waals surface area contributed by atoms with Crippen molar-refractivity contribution in [1.29, 1.82) is 0 Å². The summed E-state index contributed by atoms with van der Waals surface area (Å²) >= 11 is 1.54. The van der Waals surface area contributed by atoms with Crippen molar-refractivity contribution in [1.82, 2.24) is 10.6 Å². The van der Waals surface area contributed by atoms with Gasteiger partial charge in [-0.05, 0) is 54.8 Å². The van der Waals surface area contributed by atoms with Gasteiger partial charge in [-0.15, -0.1) is 23.7 Å². The third-order valence-corrected chi connectivity index (χ3v) is 4.78. The van der Waals surface area contributed by atoms with Crippen molar-refractivity contribution in [2.45, 2.75) is 33.1 Å². The van der Waals surface area contributed by atoms with Crippen LogP contribution in [0.25, 0.3) is 0 Å². The first kappa shape index (κ1) is 16.5. The minimum absolute atomic E-state index is 0. The van der Waals surface area contributed by atoms with Crippen LogP contribution in [0.5, 0.6) is 0 Å². The number of piperidine rings is 1. The van der Waals surface area contributed by atoms with E-state index >= 15 is 0 Å². The highest BCUT2D eigenvalue weighted by Gasteiger charge is 2.27. The number of thiophene rings is 1. The lowest BCUT2D eigenvalue weighted by atomic mass is 9.81. The molecule has 0 radical (unpaired) electrons. The summed E-state index contributed by atoms with van der Waals surface area (Å²) in [6.45, 7) is 7.27. The predicted molar refractivity (Wildman–Crippen MR) is 83.5 cm³/mol. The van der Waals surface area contributed by atoms with Crippen LogP contribution in [0.2, 0.25) is 0 Å². The molecule has 0 bridgehead atoms. The molecule has 3 nitrogen and oxygen atoms in total. The van der Waals surface area contributed by atoms with Crippen LogP contribution in [0.3, 0.4) is 0 Å². The Balaban J connectivity index is 0.00000180. The fourth-order valence-corrected chi connectivity index (χ4v) is 3.31. The van der Waals surface area contributed by atoms with Crippen molar-refractivity contribution >= 4 is 29.7 Å². The summed E-state index contributed by atoms with van der Waals surface area (Å²) in [4.78, 5) is 13.0. The minimum atomic E-state index is 0. The number of aryl methyl sites for hydroxylation is 1. The van der Waals surface area contributed by atoms with E-state index < -0.39 is 0 Å². The topological polar surface area (TPSA) is 41.1 Å². The Kier molecular flexibility index (Phi) is 6.30. The molecule has 0 atom stereocenters. The molecule has 19 heavy (non-hydrogen) atoms. The summed E-state index contributed by atoms with van der Waals surface area (Å²) in [7, 11) is 0. The Morgan fingerprint density at radius 3 is 2.79 bits per heavy atom. The number of rotatable bonds is 4. The molecule has 1 amide bonds. The first-order valence-electron chi connectivity index (χ1n) is 6.70. The molecule has 1 aromatic rings. The molecule has 2 N–H and O–H groups in total. The van der Waals surface area contributed by atoms with Gasteiger partial charge in [0.25, 0.3) is 5.91 Å². The summed E-state index contributed by atoms with van der Waals surface area (Å²) < 4.78 is 0. The van der Waals surface area contributed by atoms with Gasteiger partial charge in [0.2, 0.25) is 0 Å². The van der Waals surface area contributed by atoms with Crippen molar-refractivity contribution in [2.24, 2.45) is 5.41 Å². The van der Waals surface area contributed by atoms with E-state index in [0.717, 1.165) is 49.3 Å². The number of amides is 1. The summed E-state index contributed by atoms with van der Waals surface area (Å²) in [5.41, 5.74) is 1.41. The number of nitrogens with one attached hydrogen (secondary N) is 2. The van der Waals surface area contributed by atoms with E-state index in [2.05, 4.69) is 24.5 Å². The third kappa shape index (κ3) is 4.20. The van der Waals surface area contributed by atoms with E-state index in [9.17, 15) is 4.79 Å². The molecule has 1 aromatic heterocycles. The second-order valence-electron chi connectivity index (χ2n) is 5.37. The summed E-state index contributed by atoms with van der Waals surface area (Å²) in [5, 5.41) is 8.48. The summed E-state index contributed by atoms with van der Waals surface area (Å²) in [6, 6.07) is 2.05. The second kappa shape index (κ2) is 7.27. The van der Waals surface area contributed by atoms with Crippen LogP contribution in [0.1, 0.15) is 41.9 Å². The monoisotopic (exact) mass is 302 g/mol. The Bertz CT molecular complexity index is 413. The van der Waals surface area contributed by atoms with Crippen LogP contribution >= 0.6 is 23.7 Å². The first-order valence-corrected chi connectivity index (χ1v) is 7.58. The largest absolute Gasteiger partial charge is 0.351 e. The zero-order valence-electron chi connectivity index (χ0n) is 11.6. The van der Waals surface area contributed by atoms with E-state index in [1.165, 1.54) is 0 Å². The Morgan fingerprint density at radius 1 is 1.47 bits per heavy atom. The molecule has 0 aromatic carbocycles. The molecule has 1 saturated heterocycles. The van der Waals surface area contributed by atoms with Crippen molar-refractivity contribution in [3.8, 4) is 0 Å².